The van der Waals surface area contributed by atoms with Crippen LogP contribution >= 0.6 is 0 Å². The molecule has 0 spiro atoms. The summed E-state index contributed by atoms with van der Waals surface area (Å²) in [6, 6.07) is 14.4. The summed E-state index contributed by atoms with van der Waals surface area (Å²) in [5, 5.41) is 4.22. The molecule has 5 nitrogen and oxygen atoms in total. The van der Waals surface area contributed by atoms with Gasteiger partial charge in [-0.1, -0.05) is 57.2 Å². The van der Waals surface area contributed by atoms with Gasteiger partial charge < -0.3 is 9.47 Å². The highest BCUT2D eigenvalue weighted by atomic mass is 16.7. The number of carbonyl (C=O) groups excluding carboxylic acids is 1. The van der Waals surface area contributed by atoms with Crippen molar-refractivity contribution >= 4 is 17.7 Å². The van der Waals surface area contributed by atoms with Crippen molar-refractivity contribution in [1.29, 1.82) is 0 Å². The Bertz CT molecular complexity index is 1000. The lowest BCUT2D eigenvalue weighted by molar-refractivity contribution is -0.122. The molecule has 2 aliphatic rings. The molecule has 2 aromatic rings. The van der Waals surface area contributed by atoms with Crippen molar-refractivity contribution < 1.29 is 14.3 Å². The summed E-state index contributed by atoms with van der Waals surface area (Å²) >= 11 is 0. The lowest BCUT2D eigenvalue weighted by atomic mass is 9.86. The molecule has 2 aromatic carbocycles. The van der Waals surface area contributed by atoms with Gasteiger partial charge in [0.15, 0.2) is 11.5 Å². The van der Waals surface area contributed by atoms with Crippen molar-refractivity contribution in [3.05, 3.63) is 65.2 Å². The lowest BCUT2D eigenvalue weighted by Crippen LogP contribution is -2.21. The average molecular weight is 405 g/mol. The van der Waals surface area contributed by atoms with E-state index in [1.165, 1.54) is 11.1 Å². The third kappa shape index (κ3) is 4.56. The Hall–Kier alpha value is -3.08. The van der Waals surface area contributed by atoms with E-state index in [2.05, 4.69) is 55.6 Å². The molecule has 2 atom stereocenters. The van der Waals surface area contributed by atoms with Gasteiger partial charge in [0.25, 0.3) is 0 Å². The first-order valence-electron chi connectivity index (χ1n) is 10.3. The van der Waals surface area contributed by atoms with Crippen LogP contribution in [0.5, 0.6) is 11.5 Å². The zero-order valence-corrected chi connectivity index (χ0v) is 17.9. The van der Waals surface area contributed by atoms with E-state index in [1.54, 1.807) is 0 Å². The van der Waals surface area contributed by atoms with Gasteiger partial charge in [-0.2, -0.15) is 5.10 Å². The van der Waals surface area contributed by atoms with Crippen molar-refractivity contribution in [2.24, 2.45) is 11.0 Å². The van der Waals surface area contributed by atoms with E-state index in [1.807, 2.05) is 37.3 Å². The molecule has 0 saturated heterocycles. The minimum Gasteiger partial charge on any atom is -0.454 e. The van der Waals surface area contributed by atoms with Crippen molar-refractivity contribution in [3.8, 4) is 11.5 Å². The molecule has 30 heavy (non-hydrogen) atoms. The molecule has 1 amide bonds. The van der Waals surface area contributed by atoms with Gasteiger partial charge in [-0.15, -0.1) is 0 Å². The SMILES string of the molecule is CC(/C=C/c1ccc2c(c1)OCO2)=N\NC(=O)[C@@H]1C[C@@H]1c1ccc(C(C)(C)C)cc1. The summed E-state index contributed by atoms with van der Waals surface area (Å²) in [7, 11) is 0. The first-order chi connectivity index (χ1) is 14.3. The first kappa shape index (κ1) is 20.2. The average Bonchev–Trinajstić information content (AvgIpc) is 3.39. The first-order valence-corrected chi connectivity index (χ1v) is 10.3. The van der Waals surface area contributed by atoms with E-state index in [0.717, 1.165) is 29.2 Å². The van der Waals surface area contributed by atoms with E-state index < -0.39 is 0 Å². The van der Waals surface area contributed by atoms with Crippen LogP contribution in [0.25, 0.3) is 6.08 Å². The van der Waals surface area contributed by atoms with Gasteiger partial charge in [0.1, 0.15) is 0 Å². The number of hydrogen-bond donors (Lipinski definition) is 1. The fraction of sp³-hybridized carbons (Fsp3) is 0.360. The quantitative estimate of drug-likeness (QED) is 0.562. The maximum absolute atomic E-state index is 12.4. The minimum atomic E-state index is -0.0178. The Balaban J connectivity index is 1.30. The number of hydrazone groups is 1. The van der Waals surface area contributed by atoms with Crippen LogP contribution in [0, 0.1) is 5.92 Å². The molecule has 5 heteroatoms. The number of benzene rings is 2. The Kier molecular flexibility index (Phi) is 5.37. The molecule has 0 bridgehead atoms. The van der Waals surface area contributed by atoms with Gasteiger partial charge >= 0.3 is 0 Å². The summed E-state index contributed by atoms with van der Waals surface area (Å²) in [5.74, 6) is 1.78. The molecule has 1 saturated carbocycles. The van der Waals surface area contributed by atoms with Gasteiger partial charge in [0.2, 0.25) is 12.7 Å². The monoisotopic (exact) mass is 404 g/mol. The fourth-order valence-electron chi connectivity index (χ4n) is 3.58. The highest BCUT2D eigenvalue weighted by Crippen LogP contribution is 2.47. The molecule has 0 unspecified atom stereocenters. The van der Waals surface area contributed by atoms with Crippen molar-refractivity contribution in [2.45, 2.75) is 45.4 Å². The molecule has 156 valence electrons. The summed E-state index contributed by atoms with van der Waals surface area (Å²) in [6.45, 7) is 8.74. The van der Waals surface area contributed by atoms with E-state index >= 15 is 0 Å². The third-order valence-electron chi connectivity index (χ3n) is 5.59. The van der Waals surface area contributed by atoms with Gasteiger partial charge in [-0.05, 0) is 59.6 Å². The predicted octanol–water partition coefficient (Wildman–Crippen LogP) is 5.02. The van der Waals surface area contributed by atoms with Gasteiger partial charge in [-0.3, -0.25) is 4.79 Å². The van der Waals surface area contributed by atoms with Crippen molar-refractivity contribution in [3.63, 3.8) is 0 Å². The predicted molar refractivity (Wildman–Crippen MR) is 119 cm³/mol. The molecule has 1 aliphatic carbocycles. The summed E-state index contributed by atoms with van der Waals surface area (Å²) in [4.78, 5) is 12.4. The molecule has 4 rings (SSSR count). The number of amides is 1. The normalized spacial score (nSPS) is 20.5. The van der Waals surface area contributed by atoms with Crippen LogP contribution in [0.4, 0.5) is 0 Å². The molecule has 1 heterocycles. The van der Waals surface area contributed by atoms with Crippen LogP contribution in [0.3, 0.4) is 0 Å². The Morgan fingerprint density at radius 3 is 2.57 bits per heavy atom. The van der Waals surface area contributed by atoms with Crippen LogP contribution in [0.2, 0.25) is 0 Å². The maximum atomic E-state index is 12.4. The molecule has 1 fully saturated rings. The van der Waals surface area contributed by atoms with E-state index in [4.69, 9.17) is 9.47 Å². The number of allylic oxidation sites excluding steroid dienone is 1. The Morgan fingerprint density at radius 1 is 1.10 bits per heavy atom. The van der Waals surface area contributed by atoms with Crippen LogP contribution in [0.15, 0.2) is 53.6 Å². The highest BCUT2D eigenvalue weighted by Gasteiger charge is 2.44. The second-order valence-electron chi connectivity index (χ2n) is 9.00. The number of fused-ring (bicyclic) bond motifs is 1. The zero-order valence-electron chi connectivity index (χ0n) is 17.9. The Labute approximate surface area is 177 Å². The van der Waals surface area contributed by atoms with E-state index in [-0.39, 0.29) is 24.0 Å². The van der Waals surface area contributed by atoms with E-state index in [9.17, 15) is 4.79 Å². The largest absolute Gasteiger partial charge is 0.454 e. The maximum Gasteiger partial charge on any atom is 0.243 e. The number of carbonyl (C=O) groups is 1. The number of rotatable bonds is 5. The second-order valence-corrected chi connectivity index (χ2v) is 9.00. The molecule has 0 aromatic heterocycles. The summed E-state index contributed by atoms with van der Waals surface area (Å²) in [5.41, 5.74) is 7.10. The molecular formula is C25H28N2O3. The minimum absolute atomic E-state index is 0.000115. The highest BCUT2D eigenvalue weighted by molar-refractivity contribution is 5.97. The lowest BCUT2D eigenvalue weighted by Gasteiger charge is -2.19. The molecule has 1 N–H and O–H groups in total. The summed E-state index contributed by atoms with van der Waals surface area (Å²) in [6.07, 6.45) is 4.68. The second kappa shape index (κ2) is 7.98. The van der Waals surface area contributed by atoms with Crippen LogP contribution in [-0.2, 0) is 10.2 Å². The van der Waals surface area contributed by atoms with Crippen molar-refractivity contribution in [2.75, 3.05) is 6.79 Å². The zero-order chi connectivity index (χ0) is 21.3. The molecular weight excluding hydrogens is 376 g/mol. The van der Waals surface area contributed by atoms with E-state index in [0.29, 0.717) is 5.92 Å². The number of ether oxygens (including phenoxy) is 2. The van der Waals surface area contributed by atoms with Gasteiger partial charge in [0, 0.05) is 5.92 Å². The standard InChI is InChI=1S/C25H28N2O3/c1-16(5-6-17-7-12-22-23(13-17)30-15-29-22)26-27-24(28)21-14-20(21)18-8-10-19(11-9-18)25(2,3)4/h5-13,20-21H,14-15H2,1-4H3,(H,27,28)/b6-5+,26-16+/t20-,21-/m1/s1. The number of nitrogens with zero attached hydrogens (tertiary/aromatic N) is 1. The van der Waals surface area contributed by atoms with Gasteiger partial charge in [0.05, 0.1) is 5.71 Å². The number of hydrogen-bond acceptors (Lipinski definition) is 4. The Morgan fingerprint density at radius 2 is 1.83 bits per heavy atom. The van der Waals surface area contributed by atoms with Crippen LogP contribution < -0.4 is 14.9 Å². The fourth-order valence-corrected chi connectivity index (χ4v) is 3.58. The van der Waals surface area contributed by atoms with Crippen LogP contribution in [-0.4, -0.2) is 18.4 Å². The molecule has 0 radical (unpaired) electrons. The van der Waals surface area contributed by atoms with Crippen LogP contribution in [0.1, 0.15) is 56.7 Å². The summed E-state index contributed by atoms with van der Waals surface area (Å²) < 4.78 is 10.7. The van der Waals surface area contributed by atoms with Crippen molar-refractivity contribution in [1.82, 2.24) is 5.43 Å². The molecule has 1 aliphatic heterocycles. The van der Waals surface area contributed by atoms with Gasteiger partial charge in [-0.25, -0.2) is 5.43 Å². The third-order valence-corrected chi connectivity index (χ3v) is 5.59. The smallest absolute Gasteiger partial charge is 0.243 e. The topological polar surface area (TPSA) is 59.9 Å². The number of nitrogens with one attached hydrogen (secondary N) is 1.